The Hall–Kier alpha value is -3.01. The first-order valence-electron chi connectivity index (χ1n) is 6.73. The Labute approximate surface area is 121 Å². The first kappa shape index (κ1) is 11.8. The topological polar surface area (TPSA) is 49.6 Å². The van der Waals surface area contributed by atoms with E-state index in [4.69, 9.17) is 0 Å². The van der Waals surface area contributed by atoms with E-state index in [9.17, 15) is 0 Å². The summed E-state index contributed by atoms with van der Waals surface area (Å²) < 4.78 is 0. The summed E-state index contributed by atoms with van der Waals surface area (Å²) in [7, 11) is 0. The van der Waals surface area contributed by atoms with Crippen LogP contribution in [0.3, 0.4) is 0 Å². The van der Waals surface area contributed by atoms with Gasteiger partial charge in [-0.3, -0.25) is 10.4 Å². The van der Waals surface area contributed by atoms with Crippen LogP contribution in [-0.2, 0) is 0 Å². The number of rotatable bonds is 2. The molecule has 0 spiro atoms. The third kappa shape index (κ3) is 2.07. The minimum Gasteiger partial charge on any atom is -0.261 e. The molecule has 4 heteroatoms. The number of pyridine rings is 1. The van der Waals surface area contributed by atoms with Crippen LogP contribution in [0.5, 0.6) is 0 Å². The zero-order chi connectivity index (χ0) is 14.1. The first-order valence-corrected chi connectivity index (χ1v) is 6.73. The van der Waals surface area contributed by atoms with Crippen LogP contribution in [0.25, 0.3) is 10.8 Å². The van der Waals surface area contributed by atoms with E-state index in [0.717, 1.165) is 22.8 Å². The summed E-state index contributed by atoms with van der Waals surface area (Å²) in [6.45, 7) is 0. The van der Waals surface area contributed by atoms with Gasteiger partial charge in [-0.2, -0.15) is 5.10 Å². The molecule has 0 atom stereocenters. The largest absolute Gasteiger partial charge is 0.261 e. The van der Waals surface area contributed by atoms with Crippen LogP contribution in [0, 0.1) is 0 Å². The molecule has 2 heterocycles. The van der Waals surface area contributed by atoms with Gasteiger partial charge in [-0.25, -0.2) is 4.99 Å². The van der Waals surface area contributed by atoms with Gasteiger partial charge < -0.3 is 0 Å². The van der Waals surface area contributed by atoms with Gasteiger partial charge in [-0.1, -0.05) is 36.4 Å². The second-order valence-electron chi connectivity index (χ2n) is 4.77. The van der Waals surface area contributed by atoms with Crippen molar-refractivity contribution in [1.82, 2.24) is 10.4 Å². The molecule has 0 amide bonds. The second-order valence-corrected chi connectivity index (χ2v) is 4.77. The van der Waals surface area contributed by atoms with Crippen molar-refractivity contribution in [3.63, 3.8) is 0 Å². The molecule has 0 unspecified atom stereocenters. The maximum absolute atomic E-state index is 4.60. The molecule has 100 valence electrons. The summed E-state index contributed by atoms with van der Waals surface area (Å²) in [6.07, 6.45) is 3.43. The Morgan fingerprint density at radius 1 is 0.952 bits per heavy atom. The number of hydrogen-bond acceptors (Lipinski definition) is 4. The second kappa shape index (κ2) is 4.83. The Morgan fingerprint density at radius 2 is 1.86 bits per heavy atom. The number of hydrazone groups is 1. The highest BCUT2D eigenvalue weighted by Crippen LogP contribution is 2.34. The monoisotopic (exact) mass is 272 g/mol. The van der Waals surface area contributed by atoms with Crippen molar-refractivity contribution >= 4 is 28.5 Å². The molecule has 0 saturated heterocycles. The van der Waals surface area contributed by atoms with Gasteiger partial charge in [-0.05, 0) is 23.6 Å². The fourth-order valence-corrected chi connectivity index (χ4v) is 2.49. The average Bonchev–Trinajstić information content (AvgIpc) is 2.89. The molecule has 4 rings (SSSR count). The number of aliphatic imine (C=N–C) groups is 1. The van der Waals surface area contributed by atoms with E-state index in [-0.39, 0.29) is 0 Å². The number of nitrogens with zero attached hydrogens (tertiary/aromatic N) is 3. The molecule has 1 aliphatic rings. The molecule has 4 nitrogen and oxygen atoms in total. The number of hydrogen-bond donors (Lipinski definition) is 1. The van der Waals surface area contributed by atoms with Crippen molar-refractivity contribution in [3.8, 4) is 0 Å². The normalized spacial score (nSPS) is 12.9. The van der Waals surface area contributed by atoms with Crippen molar-refractivity contribution < 1.29 is 0 Å². The van der Waals surface area contributed by atoms with Crippen molar-refractivity contribution in [2.24, 2.45) is 10.1 Å². The van der Waals surface area contributed by atoms with Crippen molar-refractivity contribution in [3.05, 3.63) is 72.1 Å². The van der Waals surface area contributed by atoms with Crippen LogP contribution >= 0.6 is 0 Å². The Balaban J connectivity index is 1.64. The van der Waals surface area contributed by atoms with E-state index in [1.807, 2.05) is 36.4 Å². The lowest BCUT2D eigenvalue weighted by atomic mass is 10.0. The van der Waals surface area contributed by atoms with Crippen LogP contribution in [0.15, 0.2) is 70.9 Å². The SMILES string of the molecule is C(=N/NC1=Nc2cccc3cccc1c23)/c1ccccn1. The molecule has 1 aliphatic heterocycles. The van der Waals surface area contributed by atoms with E-state index in [1.165, 1.54) is 10.8 Å². The van der Waals surface area contributed by atoms with Crippen LogP contribution in [0.1, 0.15) is 11.3 Å². The van der Waals surface area contributed by atoms with Gasteiger partial charge in [0.15, 0.2) is 5.84 Å². The maximum atomic E-state index is 4.60. The number of aromatic nitrogens is 1. The lowest BCUT2D eigenvalue weighted by molar-refractivity contribution is 1.03. The highest BCUT2D eigenvalue weighted by molar-refractivity contribution is 6.18. The average molecular weight is 272 g/mol. The number of benzene rings is 2. The lowest BCUT2D eigenvalue weighted by Crippen LogP contribution is -2.17. The van der Waals surface area contributed by atoms with E-state index in [2.05, 4.69) is 38.7 Å². The summed E-state index contributed by atoms with van der Waals surface area (Å²) in [6, 6.07) is 18.0. The molecule has 0 radical (unpaired) electrons. The third-order valence-corrected chi connectivity index (χ3v) is 3.43. The highest BCUT2D eigenvalue weighted by atomic mass is 15.3. The molecular weight excluding hydrogens is 260 g/mol. The Kier molecular flexibility index (Phi) is 2.71. The van der Waals surface area contributed by atoms with Gasteiger partial charge >= 0.3 is 0 Å². The van der Waals surface area contributed by atoms with E-state index in [1.54, 1.807) is 12.4 Å². The molecule has 1 N–H and O–H groups in total. The lowest BCUT2D eigenvalue weighted by Gasteiger charge is -2.02. The molecule has 0 aliphatic carbocycles. The van der Waals surface area contributed by atoms with Gasteiger partial charge in [0.05, 0.1) is 17.6 Å². The molecule has 3 aromatic rings. The van der Waals surface area contributed by atoms with Crippen molar-refractivity contribution in [1.29, 1.82) is 0 Å². The summed E-state index contributed by atoms with van der Waals surface area (Å²) in [5, 5.41) is 6.60. The van der Waals surface area contributed by atoms with E-state index >= 15 is 0 Å². The fourth-order valence-electron chi connectivity index (χ4n) is 2.49. The molecule has 0 saturated carbocycles. The van der Waals surface area contributed by atoms with Gasteiger partial charge in [0.2, 0.25) is 0 Å². The predicted molar refractivity (Wildman–Crippen MR) is 85.1 cm³/mol. The summed E-state index contributed by atoms with van der Waals surface area (Å²) >= 11 is 0. The maximum Gasteiger partial charge on any atom is 0.154 e. The molecular formula is C17H12N4. The zero-order valence-electron chi connectivity index (χ0n) is 11.2. The Morgan fingerprint density at radius 3 is 2.71 bits per heavy atom. The van der Waals surface area contributed by atoms with Crippen LogP contribution in [-0.4, -0.2) is 17.0 Å². The summed E-state index contributed by atoms with van der Waals surface area (Å²) in [5.74, 6) is 0.772. The standard InChI is InChI=1S/C17H12N4/c1-2-10-18-13(7-1)11-19-21-17-14-8-3-5-12-6-4-9-15(20-17)16(12)14/h1-11H,(H,20,21)/b19-11-. The summed E-state index contributed by atoms with van der Waals surface area (Å²) in [4.78, 5) is 8.79. The molecule has 0 bridgehead atoms. The molecule has 0 fully saturated rings. The van der Waals surface area contributed by atoms with Crippen LogP contribution in [0.2, 0.25) is 0 Å². The van der Waals surface area contributed by atoms with Crippen LogP contribution < -0.4 is 5.43 Å². The van der Waals surface area contributed by atoms with Gasteiger partial charge in [0.1, 0.15) is 0 Å². The van der Waals surface area contributed by atoms with Gasteiger partial charge in [0.25, 0.3) is 0 Å². The predicted octanol–water partition coefficient (Wildman–Crippen LogP) is 3.25. The Bertz CT molecular complexity index is 861. The first-order chi connectivity index (χ1) is 10.4. The van der Waals surface area contributed by atoms with Gasteiger partial charge in [0, 0.05) is 17.1 Å². The van der Waals surface area contributed by atoms with E-state index < -0.39 is 0 Å². The molecule has 2 aromatic carbocycles. The van der Waals surface area contributed by atoms with E-state index in [0.29, 0.717) is 0 Å². The zero-order valence-corrected chi connectivity index (χ0v) is 11.2. The minimum absolute atomic E-state index is 0.772. The summed E-state index contributed by atoms with van der Waals surface area (Å²) in [5.41, 5.74) is 5.89. The molecule has 21 heavy (non-hydrogen) atoms. The number of nitrogens with one attached hydrogen (secondary N) is 1. The smallest absolute Gasteiger partial charge is 0.154 e. The highest BCUT2D eigenvalue weighted by Gasteiger charge is 2.17. The van der Waals surface area contributed by atoms with Gasteiger partial charge in [-0.15, -0.1) is 0 Å². The quantitative estimate of drug-likeness (QED) is 0.575. The number of amidine groups is 1. The molecule has 1 aromatic heterocycles. The third-order valence-electron chi connectivity index (χ3n) is 3.43. The van der Waals surface area contributed by atoms with Crippen molar-refractivity contribution in [2.45, 2.75) is 0 Å². The minimum atomic E-state index is 0.772. The van der Waals surface area contributed by atoms with Crippen molar-refractivity contribution in [2.75, 3.05) is 0 Å². The fraction of sp³-hybridized carbons (Fsp3) is 0. The van der Waals surface area contributed by atoms with Crippen LogP contribution in [0.4, 0.5) is 5.69 Å².